The maximum absolute atomic E-state index is 13.6. The molecule has 0 unspecified atom stereocenters. The third-order valence-corrected chi connectivity index (χ3v) is 7.63. The Hall–Kier alpha value is -3.38. The number of hydrogen-bond acceptors (Lipinski definition) is 4. The molecule has 3 aromatic carbocycles. The molecule has 1 heterocycles. The smallest absolute Gasteiger partial charge is 0.290 e. The van der Waals surface area contributed by atoms with Crippen molar-refractivity contribution in [3.05, 3.63) is 111 Å². The highest BCUT2D eigenvalue weighted by atomic mass is 32.2. The summed E-state index contributed by atoms with van der Waals surface area (Å²) in [5.41, 5.74) is 4.49. The van der Waals surface area contributed by atoms with Crippen LogP contribution in [0, 0.1) is 20.8 Å². The van der Waals surface area contributed by atoms with E-state index in [1.54, 1.807) is 24.3 Å². The topological polar surface area (TPSA) is 74.7 Å². The lowest BCUT2D eigenvalue weighted by molar-refractivity contribution is -0.130. The molecule has 0 fully saturated rings. The SMILES string of the molecule is Cc1ccc(CN2C(=O)C(O)=C(S(=O)(=O)c3ccc(C)cc3)[C@H]2c2ccc(C)cc2)cc1. The fourth-order valence-electron chi connectivity index (χ4n) is 3.88. The van der Waals surface area contributed by atoms with Gasteiger partial charge < -0.3 is 10.0 Å². The zero-order chi connectivity index (χ0) is 23.0. The van der Waals surface area contributed by atoms with E-state index < -0.39 is 27.5 Å². The van der Waals surface area contributed by atoms with Crippen molar-refractivity contribution >= 4 is 15.7 Å². The number of nitrogens with zero attached hydrogens (tertiary/aromatic N) is 1. The number of benzene rings is 3. The Balaban J connectivity index is 1.84. The number of aliphatic hydroxyl groups is 1. The van der Waals surface area contributed by atoms with Crippen LogP contribution in [0.4, 0.5) is 0 Å². The lowest BCUT2D eigenvalue weighted by Crippen LogP contribution is -2.30. The van der Waals surface area contributed by atoms with E-state index in [1.165, 1.54) is 17.0 Å². The van der Waals surface area contributed by atoms with Crippen LogP contribution in [0.1, 0.15) is 33.9 Å². The fourth-order valence-corrected chi connectivity index (χ4v) is 5.53. The molecule has 0 saturated carbocycles. The van der Waals surface area contributed by atoms with Gasteiger partial charge in [-0.05, 0) is 44.0 Å². The summed E-state index contributed by atoms with van der Waals surface area (Å²) in [7, 11) is -4.11. The maximum Gasteiger partial charge on any atom is 0.290 e. The molecular weight excluding hydrogens is 422 g/mol. The van der Waals surface area contributed by atoms with Gasteiger partial charge in [-0.3, -0.25) is 4.79 Å². The molecule has 1 amide bonds. The van der Waals surface area contributed by atoms with Crippen molar-refractivity contribution < 1.29 is 18.3 Å². The molecule has 1 atom stereocenters. The van der Waals surface area contributed by atoms with Gasteiger partial charge in [0.25, 0.3) is 5.91 Å². The van der Waals surface area contributed by atoms with Crippen molar-refractivity contribution in [1.29, 1.82) is 0 Å². The van der Waals surface area contributed by atoms with Gasteiger partial charge in [0.05, 0.1) is 10.9 Å². The van der Waals surface area contributed by atoms with E-state index in [-0.39, 0.29) is 16.3 Å². The van der Waals surface area contributed by atoms with Gasteiger partial charge in [0.15, 0.2) is 5.76 Å². The third-order valence-electron chi connectivity index (χ3n) is 5.74. The number of aryl methyl sites for hydroxylation is 3. The quantitative estimate of drug-likeness (QED) is 0.601. The third kappa shape index (κ3) is 3.94. The van der Waals surface area contributed by atoms with Crippen LogP contribution < -0.4 is 0 Å². The number of carbonyl (C=O) groups excluding carboxylic acids is 1. The van der Waals surface area contributed by atoms with E-state index in [0.717, 1.165) is 22.3 Å². The molecule has 6 heteroatoms. The van der Waals surface area contributed by atoms with E-state index >= 15 is 0 Å². The molecule has 32 heavy (non-hydrogen) atoms. The molecule has 164 valence electrons. The molecule has 1 aliphatic rings. The first kappa shape index (κ1) is 21.8. The zero-order valence-electron chi connectivity index (χ0n) is 18.2. The highest BCUT2D eigenvalue weighted by Gasteiger charge is 2.46. The summed E-state index contributed by atoms with van der Waals surface area (Å²) in [6.07, 6.45) is 0. The van der Waals surface area contributed by atoms with Gasteiger partial charge in [0.2, 0.25) is 9.84 Å². The van der Waals surface area contributed by atoms with Crippen molar-refractivity contribution in [3.63, 3.8) is 0 Å². The average Bonchev–Trinajstić information content (AvgIpc) is 3.01. The summed E-state index contributed by atoms with van der Waals surface area (Å²) in [6, 6.07) is 20.5. The maximum atomic E-state index is 13.6. The van der Waals surface area contributed by atoms with Crippen molar-refractivity contribution in [3.8, 4) is 0 Å². The van der Waals surface area contributed by atoms with Crippen LogP contribution in [-0.4, -0.2) is 24.3 Å². The van der Waals surface area contributed by atoms with Crippen LogP contribution in [-0.2, 0) is 21.2 Å². The van der Waals surface area contributed by atoms with E-state index in [4.69, 9.17) is 0 Å². The minimum absolute atomic E-state index is 0.0479. The first-order valence-corrected chi connectivity index (χ1v) is 11.8. The van der Waals surface area contributed by atoms with Crippen molar-refractivity contribution in [1.82, 2.24) is 4.90 Å². The lowest BCUT2D eigenvalue weighted by atomic mass is 10.0. The second-order valence-electron chi connectivity index (χ2n) is 8.26. The lowest BCUT2D eigenvalue weighted by Gasteiger charge is -2.27. The average molecular weight is 448 g/mol. The van der Waals surface area contributed by atoms with Gasteiger partial charge >= 0.3 is 0 Å². The minimum Gasteiger partial charge on any atom is -0.502 e. The number of amides is 1. The first-order chi connectivity index (χ1) is 15.2. The summed E-state index contributed by atoms with van der Waals surface area (Å²) in [5.74, 6) is -1.41. The van der Waals surface area contributed by atoms with Crippen LogP contribution in [0.3, 0.4) is 0 Å². The summed E-state index contributed by atoms with van der Waals surface area (Å²) in [4.78, 5) is 14.3. The van der Waals surface area contributed by atoms with E-state index in [2.05, 4.69) is 0 Å². The van der Waals surface area contributed by atoms with Crippen molar-refractivity contribution in [2.45, 2.75) is 38.3 Å². The van der Waals surface area contributed by atoms with Crippen molar-refractivity contribution in [2.24, 2.45) is 0 Å². The molecule has 5 nitrogen and oxygen atoms in total. The van der Waals surface area contributed by atoms with E-state index in [1.807, 2.05) is 57.2 Å². The van der Waals surface area contributed by atoms with Gasteiger partial charge in [-0.25, -0.2) is 8.42 Å². The van der Waals surface area contributed by atoms with Crippen LogP contribution >= 0.6 is 0 Å². The molecule has 0 aliphatic carbocycles. The largest absolute Gasteiger partial charge is 0.502 e. The summed E-state index contributed by atoms with van der Waals surface area (Å²) >= 11 is 0. The molecule has 0 saturated heterocycles. The second kappa shape index (κ2) is 8.28. The van der Waals surface area contributed by atoms with Gasteiger partial charge in [-0.1, -0.05) is 77.4 Å². The van der Waals surface area contributed by atoms with Crippen LogP contribution in [0.15, 0.2) is 88.4 Å². The highest BCUT2D eigenvalue weighted by molar-refractivity contribution is 7.95. The van der Waals surface area contributed by atoms with Crippen molar-refractivity contribution in [2.75, 3.05) is 0 Å². The Kier molecular flexibility index (Phi) is 5.65. The van der Waals surface area contributed by atoms with E-state index in [0.29, 0.717) is 5.56 Å². The molecule has 1 aliphatic heterocycles. The summed E-state index contributed by atoms with van der Waals surface area (Å²) in [5, 5.41) is 10.8. The molecule has 3 aromatic rings. The Morgan fingerprint density at radius 1 is 0.781 bits per heavy atom. The Labute approximate surface area is 188 Å². The van der Waals surface area contributed by atoms with Gasteiger partial charge in [0.1, 0.15) is 4.91 Å². The summed E-state index contributed by atoms with van der Waals surface area (Å²) < 4.78 is 27.2. The molecule has 1 N–H and O–H groups in total. The molecule has 0 radical (unpaired) electrons. The predicted molar refractivity (Wildman–Crippen MR) is 124 cm³/mol. The second-order valence-corrected chi connectivity index (χ2v) is 10.2. The Morgan fingerprint density at radius 2 is 1.25 bits per heavy atom. The first-order valence-electron chi connectivity index (χ1n) is 10.4. The van der Waals surface area contributed by atoms with Gasteiger partial charge in [0, 0.05) is 6.54 Å². The molecule has 0 spiro atoms. The number of rotatable bonds is 5. The monoisotopic (exact) mass is 447 g/mol. The number of aliphatic hydroxyl groups excluding tert-OH is 1. The minimum atomic E-state index is -4.11. The predicted octanol–water partition coefficient (Wildman–Crippen LogP) is 4.94. The highest BCUT2D eigenvalue weighted by Crippen LogP contribution is 2.43. The van der Waals surface area contributed by atoms with Crippen LogP contribution in [0.2, 0.25) is 0 Å². The number of carbonyl (C=O) groups is 1. The summed E-state index contributed by atoms with van der Waals surface area (Å²) in [6.45, 7) is 5.95. The fraction of sp³-hybridized carbons (Fsp3) is 0.192. The van der Waals surface area contributed by atoms with Gasteiger partial charge in [-0.2, -0.15) is 0 Å². The van der Waals surface area contributed by atoms with Crippen LogP contribution in [0.5, 0.6) is 0 Å². The van der Waals surface area contributed by atoms with Crippen LogP contribution in [0.25, 0.3) is 0 Å². The molecule has 0 aromatic heterocycles. The Morgan fingerprint density at radius 3 is 1.78 bits per heavy atom. The number of sulfone groups is 1. The molecule has 4 rings (SSSR count). The standard InChI is InChI=1S/C26H25NO4S/c1-17-4-10-20(11-5-17)16-27-23(21-12-6-18(2)7-13-21)25(24(28)26(27)29)32(30,31)22-14-8-19(3)9-15-22/h4-15,23,28H,16H2,1-3H3/t23-/m1/s1. The Bertz CT molecular complexity index is 1290. The zero-order valence-corrected chi connectivity index (χ0v) is 19.1. The normalized spacial score (nSPS) is 16.7. The van der Waals surface area contributed by atoms with Gasteiger partial charge in [-0.15, -0.1) is 0 Å². The molecular formula is C26H25NO4S. The molecule has 0 bridgehead atoms. The number of hydrogen-bond donors (Lipinski definition) is 1. The van der Waals surface area contributed by atoms with E-state index in [9.17, 15) is 18.3 Å².